The molecule has 12 heteroatoms. The lowest BCUT2D eigenvalue weighted by atomic mass is 9.90. The molecule has 1 aliphatic rings. The number of aromatic amines is 1. The predicted octanol–water partition coefficient (Wildman–Crippen LogP) is 10.0. The zero-order chi connectivity index (χ0) is 39.6. The Bertz CT molecular complexity index is 1800. The van der Waals surface area contributed by atoms with Gasteiger partial charge in [-0.3, -0.25) is 4.79 Å². The van der Waals surface area contributed by atoms with E-state index < -0.39 is 19.9 Å². The molecular weight excluding hydrogens is 747 g/mol. The van der Waals surface area contributed by atoms with Gasteiger partial charge in [0, 0.05) is 24.0 Å². The number of nitrogens with one attached hydrogen (secondary N) is 2. The van der Waals surface area contributed by atoms with Crippen LogP contribution in [0.25, 0.3) is 10.9 Å². The lowest BCUT2D eigenvalue weighted by Gasteiger charge is -2.39. The van der Waals surface area contributed by atoms with Crippen molar-refractivity contribution >= 4 is 47.9 Å². The number of phenols is 1. The van der Waals surface area contributed by atoms with Crippen molar-refractivity contribution in [3.63, 3.8) is 0 Å². The third-order valence-corrected chi connectivity index (χ3v) is 18.3. The third-order valence-electron chi connectivity index (χ3n) is 11.8. The van der Waals surface area contributed by atoms with Gasteiger partial charge >= 0.3 is 5.97 Å². The molecule has 0 amide bonds. The summed E-state index contributed by atoms with van der Waals surface area (Å²) >= 11 is 2.89. The number of pyridine rings is 1. The summed E-state index contributed by atoms with van der Waals surface area (Å²) in [5, 5.41) is 29.3. The van der Waals surface area contributed by atoms with E-state index in [4.69, 9.17) is 9.16 Å². The molecule has 4 N–H and O–H groups in total. The number of nitrogens with zero attached hydrogens (tertiary/aromatic N) is 1. The molecule has 1 aromatic carbocycles. The van der Waals surface area contributed by atoms with Crippen molar-refractivity contribution in [1.82, 2.24) is 15.2 Å². The van der Waals surface area contributed by atoms with Gasteiger partial charge in [-0.2, -0.15) is 0 Å². The highest BCUT2D eigenvalue weighted by Crippen LogP contribution is 2.43. The van der Waals surface area contributed by atoms with Gasteiger partial charge < -0.3 is 34.6 Å². The van der Waals surface area contributed by atoms with Gasteiger partial charge in [-0.25, -0.2) is 4.79 Å². The summed E-state index contributed by atoms with van der Waals surface area (Å²) in [6, 6.07) is 15.0. The molecule has 0 saturated heterocycles. The fraction of sp³-hybridized carbons (Fsp3) is 0.581. The van der Waals surface area contributed by atoms with Gasteiger partial charge in [0.1, 0.15) is 5.75 Å². The molecule has 3 heterocycles. The first kappa shape index (κ1) is 43.3. The summed E-state index contributed by atoms with van der Waals surface area (Å²) in [4.78, 5) is 31.6. The average molecular weight is 810 g/mol. The molecule has 1 aliphatic carbocycles. The Kier molecular flexibility index (Phi) is 15.4. The Labute approximate surface area is 336 Å². The molecule has 1 saturated carbocycles. The Morgan fingerprint density at radius 2 is 1.55 bits per heavy atom. The Balaban J connectivity index is 0.983. The van der Waals surface area contributed by atoms with Crippen molar-refractivity contribution in [3.8, 4) is 5.75 Å². The number of aromatic nitrogens is 1. The fourth-order valence-electron chi connectivity index (χ4n) is 7.51. The number of aromatic hydroxyl groups is 1. The molecule has 4 aromatic rings. The van der Waals surface area contributed by atoms with Crippen LogP contribution in [0.2, 0.25) is 18.1 Å². The molecule has 3 aromatic heterocycles. The normalized spacial score (nSPS) is 17.6. The fourth-order valence-corrected chi connectivity index (χ4v) is 10.6. The summed E-state index contributed by atoms with van der Waals surface area (Å²) in [6.45, 7) is 13.9. The SMILES string of the molecule is CN(CCCCCCCCCNC[C@H](O[Si](C)(C)C(C)(C)C)c1ccc(O)c2[nH]c(=O)ccc12)[C@H]1CC[C@H](OC(C(=O)O)(c2cccs2)c2cccs2)CC1. The number of hydrogen-bond donors (Lipinski definition) is 4. The molecule has 302 valence electrons. The van der Waals surface area contributed by atoms with Crippen LogP contribution in [0.15, 0.2) is 64.1 Å². The van der Waals surface area contributed by atoms with Crippen LogP contribution in [-0.2, 0) is 19.6 Å². The van der Waals surface area contributed by atoms with Crippen molar-refractivity contribution in [2.45, 2.75) is 133 Å². The maximum absolute atomic E-state index is 12.8. The van der Waals surface area contributed by atoms with Crippen molar-refractivity contribution in [1.29, 1.82) is 0 Å². The number of unbranched alkanes of at least 4 members (excludes halogenated alkanes) is 6. The lowest BCUT2D eigenvalue weighted by Crippen LogP contribution is -2.44. The third kappa shape index (κ3) is 11.0. The number of carboxylic acids is 1. The van der Waals surface area contributed by atoms with Crippen molar-refractivity contribution in [3.05, 3.63) is 85.0 Å². The lowest BCUT2D eigenvalue weighted by molar-refractivity contribution is -0.170. The number of H-pyrrole nitrogens is 1. The molecule has 55 heavy (non-hydrogen) atoms. The quantitative estimate of drug-likeness (QED) is 0.0485. The van der Waals surface area contributed by atoms with Crippen molar-refractivity contribution in [2.75, 3.05) is 26.7 Å². The molecule has 0 radical (unpaired) electrons. The first-order chi connectivity index (χ1) is 26.2. The molecule has 9 nitrogen and oxygen atoms in total. The molecule has 1 fully saturated rings. The van der Waals surface area contributed by atoms with E-state index in [0.29, 0.717) is 18.1 Å². The van der Waals surface area contributed by atoms with Gasteiger partial charge in [0.15, 0.2) is 8.32 Å². The van der Waals surface area contributed by atoms with E-state index in [9.17, 15) is 19.8 Å². The van der Waals surface area contributed by atoms with Gasteiger partial charge in [-0.1, -0.05) is 71.1 Å². The maximum atomic E-state index is 12.8. The number of hydrogen-bond acceptors (Lipinski definition) is 9. The summed E-state index contributed by atoms with van der Waals surface area (Å²) in [7, 11) is 0.132. The van der Waals surface area contributed by atoms with Crippen LogP contribution < -0.4 is 10.9 Å². The monoisotopic (exact) mass is 809 g/mol. The molecule has 0 unspecified atom stereocenters. The number of ether oxygens (including phenoxy) is 1. The Morgan fingerprint density at radius 3 is 2.13 bits per heavy atom. The first-order valence-electron chi connectivity index (χ1n) is 20.2. The number of carbonyl (C=O) groups is 1. The number of thiophene rings is 2. The van der Waals surface area contributed by atoms with Gasteiger partial charge in [0.2, 0.25) is 11.2 Å². The highest BCUT2D eigenvalue weighted by Gasteiger charge is 2.48. The van der Waals surface area contributed by atoms with Crippen molar-refractivity contribution in [2.24, 2.45) is 0 Å². The molecular formula is C43H63N3O6S2Si. The van der Waals surface area contributed by atoms with E-state index in [1.165, 1.54) is 67.3 Å². The second-order valence-corrected chi connectivity index (χ2v) is 23.5. The van der Waals surface area contributed by atoms with E-state index >= 15 is 0 Å². The Morgan fingerprint density at radius 1 is 0.927 bits per heavy atom. The van der Waals surface area contributed by atoms with Crippen LogP contribution in [-0.4, -0.2) is 73.2 Å². The summed E-state index contributed by atoms with van der Waals surface area (Å²) in [6.07, 6.45) is 12.0. The summed E-state index contributed by atoms with van der Waals surface area (Å²) in [5.74, 6) is -0.871. The van der Waals surface area contributed by atoms with E-state index in [1.807, 2.05) is 41.1 Å². The number of phenolic OH excluding ortho intramolecular Hbond substituents is 1. The molecule has 0 spiro atoms. The highest BCUT2D eigenvalue weighted by molar-refractivity contribution is 7.12. The zero-order valence-electron chi connectivity index (χ0n) is 33.7. The predicted molar refractivity (Wildman–Crippen MR) is 229 cm³/mol. The number of aliphatic carboxylic acids is 1. The second-order valence-electron chi connectivity index (χ2n) is 16.8. The topological polar surface area (TPSA) is 124 Å². The van der Waals surface area contributed by atoms with Crippen LogP contribution >= 0.6 is 22.7 Å². The van der Waals surface area contributed by atoms with Gasteiger partial charge in [0.25, 0.3) is 0 Å². The largest absolute Gasteiger partial charge is 0.506 e. The minimum absolute atomic E-state index is 0.0462. The number of carboxylic acid groups (broad SMARTS) is 1. The van der Waals surface area contributed by atoms with Gasteiger partial charge in [-0.15, -0.1) is 22.7 Å². The van der Waals surface area contributed by atoms with E-state index in [-0.39, 0.29) is 28.6 Å². The average Bonchev–Trinajstić information content (AvgIpc) is 3.89. The number of fused-ring (bicyclic) bond motifs is 1. The van der Waals surface area contributed by atoms with Gasteiger partial charge in [-0.05, 0) is 117 Å². The van der Waals surface area contributed by atoms with Crippen LogP contribution in [0.5, 0.6) is 5.75 Å². The zero-order valence-corrected chi connectivity index (χ0v) is 36.3. The maximum Gasteiger partial charge on any atom is 0.347 e. The second kappa shape index (κ2) is 19.5. The Hall–Kier alpha value is -2.84. The molecule has 1 atom stereocenters. The number of rotatable bonds is 21. The van der Waals surface area contributed by atoms with Crippen LogP contribution in [0.4, 0.5) is 0 Å². The first-order valence-corrected chi connectivity index (χ1v) is 24.8. The van der Waals surface area contributed by atoms with Crippen LogP contribution in [0.1, 0.15) is 113 Å². The summed E-state index contributed by atoms with van der Waals surface area (Å²) < 4.78 is 13.5. The van der Waals surface area contributed by atoms with E-state index in [2.05, 4.69) is 56.1 Å². The minimum Gasteiger partial charge on any atom is -0.506 e. The van der Waals surface area contributed by atoms with E-state index in [1.54, 1.807) is 12.1 Å². The van der Waals surface area contributed by atoms with Crippen molar-refractivity contribution < 1.29 is 24.2 Å². The molecule has 0 aliphatic heterocycles. The van der Waals surface area contributed by atoms with Gasteiger partial charge in [0.05, 0.1) is 27.5 Å². The van der Waals surface area contributed by atoms with Crippen LogP contribution in [0, 0.1) is 0 Å². The molecule has 0 bridgehead atoms. The standard InChI is InChI=1S/C43H63N3O6S2Si/c1-42(2,3)55(5,6)52-36(33-22-24-35(47)40-34(33)23-25-39(48)45-40)30-44-26-12-10-8-7-9-11-13-27-46(4)31-18-20-32(21-19-31)51-43(41(49)50,37-16-14-28-53-37)38-17-15-29-54-38/h14-17,22-25,28-29,31-32,36,44,47H,7-13,18-21,26-27,30H2,1-6H3,(H,45,48)(H,49,50)/t31-,32-,36-/m0/s1. The highest BCUT2D eigenvalue weighted by atomic mass is 32.1. The molecule has 5 rings (SSSR count). The summed E-state index contributed by atoms with van der Waals surface area (Å²) in [5.41, 5.74) is -0.228. The van der Waals surface area contributed by atoms with Crippen LogP contribution in [0.3, 0.4) is 0 Å². The minimum atomic E-state index is -2.11. The smallest absolute Gasteiger partial charge is 0.347 e. The van der Waals surface area contributed by atoms with E-state index in [0.717, 1.165) is 65.9 Å². The number of benzene rings is 1.